The minimum atomic E-state index is 0.845. The van der Waals surface area contributed by atoms with Gasteiger partial charge in [0.2, 0.25) is 0 Å². The Morgan fingerprint density at radius 2 is 2.38 bits per heavy atom. The van der Waals surface area contributed by atoms with Crippen LogP contribution in [0.4, 0.5) is 0 Å². The third-order valence-corrected chi connectivity index (χ3v) is 5.63. The zero-order valence-electron chi connectivity index (χ0n) is 7.15. The fourth-order valence-corrected chi connectivity index (χ4v) is 3.96. The Hall–Kier alpha value is 0.620. The van der Waals surface area contributed by atoms with Crippen LogP contribution in [-0.4, -0.2) is 13.1 Å². The SMILES string of the molecule is Brc1cc(CC2CCNC2)sc1Br. The minimum Gasteiger partial charge on any atom is -0.316 e. The first-order valence-electron chi connectivity index (χ1n) is 4.40. The van der Waals surface area contributed by atoms with Crippen LogP contribution < -0.4 is 5.32 Å². The standard InChI is InChI=1S/C9H11Br2NS/c10-8-4-7(13-9(8)11)3-6-1-2-12-5-6/h4,6,12H,1-3,5H2. The van der Waals surface area contributed by atoms with Crippen molar-refractivity contribution in [1.82, 2.24) is 5.32 Å². The van der Waals surface area contributed by atoms with E-state index in [1.165, 1.54) is 39.1 Å². The van der Waals surface area contributed by atoms with Crippen molar-refractivity contribution >= 4 is 43.2 Å². The van der Waals surface area contributed by atoms with E-state index in [4.69, 9.17) is 0 Å². The molecule has 0 radical (unpaired) electrons. The van der Waals surface area contributed by atoms with E-state index >= 15 is 0 Å². The second-order valence-electron chi connectivity index (χ2n) is 3.40. The molecule has 1 unspecified atom stereocenters. The molecule has 0 spiro atoms. The van der Waals surface area contributed by atoms with Crippen molar-refractivity contribution in [3.8, 4) is 0 Å². The van der Waals surface area contributed by atoms with Gasteiger partial charge in [-0.3, -0.25) is 0 Å². The summed E-state index contributed by atoms with van der Waals surface area (Å²) >= 11 is 8.88. The average Bonchev–Trinajstić information content (AvgIpc) is 2.64. The highest BCUT2D eigenvalue weighted by Gasteiger charge is 2.16. The number of halogens is 2. The molecule has 1 nitrogen and oxygen atoms in total. The van der Waals surface area contributed by atoms with Crippen molar-refractivity contribution in [2.24, 2.45) is 5.92 Å². The summed E-state index contributed by atoms with van der Waals surface area (Å²) in [4.78, 5) is 1.48. The fourth-order valence-electron chi connectivity index (χ4n) is 1.67. The van der Waals surface area contributed by atoms with Gasteiger partial charge in [0.15, 0.2) is 0 Å². The molecule has 1 aromatic rings. The molecule has 0 saturated carbocycles. The van der Waals surface area contributed by atoms with Gasteiger partial charge in [-0.05, 0) is 69.8 Å². The van der Waals surface area contributed by atoms with E-state index in [1.54, 1.807) is 0 Å². The summed E-state index contributed by atoms with van der Waals surface area (Å²) in [5.41, 5.74) is 0. The van der Waals surface area contributed by atoms with Gasteiger partial charge in [0.25, 0.3) is 0 Å². The highest BCUT2D eigenvalue weighted by atomic mass is 79.9. The summed E-state index contributed by atoms with van der Waals surface area (Å²) in [6, 6.07) is 2.23. The van der Waals surface area contributed by atoms with E-state index < -0.39 is 0 Å². The van der Waals surface area contributed by atoms with Gasteiger partial charge in [0.1, 0.15) is 0 Å². The fraction of sp³-hybridized carbons (Fsp3) is 0.556. The van der Waals surface area contributed by atoms with Crippen molar-refractivity contribution in [1.29, 1.82) is 0 Å². The highest BCUT2D eigenvalue weighted by molar-refractivity contribution is 9.13. The maximum absolute atomic E-state index is 3.52. The van der Waals surface area contributed by atoms with Gasteiger partial charge in [-0.1, -0.05) is 0 Å². The predicted molar refractivity (Wildman–Crippen MR) is 64.4 cm³/mol. The van der Waals surface area contributed by atoms with E-state index in [9.17, 15) is 0 Å². The van der Waals surface area contributed by atoms with Gasteiger partial charge in [-0.2, -0.15) is 0 Å². The van der Waals surface area contributed by atoms with Gasteiger partial charge in [0, 0.05) is 9.35 Å². The average molecular weight is 325 g/mol. The molecule has 0 aliphatic carbocycles. The van der Waals surface area contributed by atoms with Crippen molar-refractivity contribution in [2.75, 3.05) is 13.1 Å². The van der Waals surface area contributed by atoms with Gasteiger partial charge >= 0.3 is 0 Å². The third-order valence-electron chi connectivity index (χ3n) is 2.35. The van der Waals surface area contributed by atoms with E-state index in [2.05, 4.69) is 43.2 Å². The van der Waals surface area contributed by atoms with Crippen LogP contribution in [0, 0.1) is 5.92 Å². The lowest BCUT2D eigenvalue weighted by Gasteiger charge is -2.04. The van der Waals surface area contributed by atoms with Gasteiger partial charge < -0.3 is 5.32 Å². The normalized spacial score (nSPS) is 22.5. The summed E-state index contributed by atoms with van der Waals surface area (Å²) in [6.07, 6.45) is 2.55. The summed E-state index contributed by atoms with van der Waals surface area (Å²) in [7, 11) is 0. The van der Waals surface area contributed by atoms with Crippen LogP contribution in [0.2, 0.25) is 0 Å². The Labute approximate surface area is 99.2 Å². The predicted octanol–water partition coefficient (Wildman–Crippen LogP) is 3.43. The number of hydrogen-bond donors (Lipinski definition) is 1. The number of hydrogen-bond acceptors (Lipinski definition) is 2. The molecule has 1 atom stereocenters. The molecule has 1 fully saturated rings. The second-order valence-corrected chi connectivity index (χ2v) is 6.71. The smallest absolute Gasteiger partial charge is 0.0843 e. The minimum absolute atomic E-state index is 0.845. The lowest BCUT2D eigenvalue weighted by molar-refractivity contribution is 0.585. The molecule has 1 aromatic heterocycles. The van der Waals surface area contributed by atoms with Crippen LogP contribution in [0.3, 0.4) is 0 Å². The van der Waals surface area contributed by atoms with Gasteiger partial charge in [-0.25, -0.2) is 0 Å². The third kappa shape index (κ3) is 2.55. The maximum Gasteiger partial charge on any atom is 0.0843 e. The summed E-state index contributed by atoms with van der Waals surface area (Å²) in [6.45, 7) is 2.38. The first-order chi connectivity index (χ1) is 6.25. The zero-order chi connectivity index (χ0) is 9.26. The van der Waals surface area contributed by atoms with Crippen LogP contribution in [-0.2, 0) is 6.42 Å². The van der Waals surface area contributed by atoms with E-state index in [1.807, 2.05) is 11.3 Å². The summed E-state index contributed by atoms with van der Waals surface area (Å²) in [5.74, 6) is 0.845. The Morgan fingerprint density at radius 1 is 1.54 bits per heavy atom. The lowest BCUT2D eigenvalue weighted by Crippen LogP contribution is -2.10. The van der Waals surface area contributed by atoms with Crippen molar-refractivity contribution in [3.05, 3.63) is 19.2 Å². The quantitative estimate of drug-likeness (QED) is 0.879. The Balaban J connectivity index is 2.00. The monoisotopic (exact) mass is 323 g/mol. The Morgan fingerprint density at radius 3 is 2.92 bits per heavy atom. The van der Waals surface area contributed by atoms with E-state index in [0.717, 1.165) is 5.92 Å². The molecular formula is C9H11Br2NS. The molecule has 0 aromatic carbocycles. The van der Waals surface area contributed by atoms with Crippen LogP contribution in [0.25, 0.3) is 0 Å². The van der Waals surface area contributed by atoms with Gasteiger partial charge in [0.05, 0.1) is 3.79 Å². The van der Waals surface area contributed by atoms with Crippen LogP contribution in [0.1, 0.15) is 11.3 Å². The number of rotatable bonds is 2. The Bertz CT molecular complexity index is 272. The first-order valence-corrected chi connectivity index (χ1v) is 6.80. The molecule has 2 heterocycles. The second kappa shape index (κ2) is 4.43. The van der Waals surface area contributed by atoms with Crippen molar-refractivity contribution in [2.45, 2.75) is 12.8 Å². The summed E-state index contributed by atoms with van der Waals surface area (Å²) < 4.78 is 2.41. The Kier molecular flexibility index (Phi) is 3.46. The molecule has 0 amide bonds. The molecule has 1 N–H and O–H groups in total. The van der Waals surface area contributed by atoms with Crippen LogP contribution in [0.15, 0.2) is 14.3 Å². The molecule has 1 aliphatic rings. The van der Waals surface area contributed by atoms with Crippen LogP contribution >= 0.6 is 43.2 Å². The molecule has 1 saturated heterocycles. The molecule has 2 rings (SSSR count). The lowest BCUT2D eigenvalue weighted by atomic mass is 10.0. The molecule has 13 heavy (non-hydrogen) atoms. The molecule has 4 heteroatoms. The summed E-state index contributed by atoms with van der Waals surface area (Å²) in [5, 5.41) is 3.40. The van der Waals surface area contributed by atoms with E-state index in [0.29, 0.717) is 0 Å². The molecule has 1 aliphatic heterocycles. The molecular weight excluding hydrogens is 314 g/mol. The highest BCUT2D eigenvalue weighted by Crippen LogP contribution is 2.34. The van der Waals surface area contributed by atoms with Crippen molar-refractivity contribution in [3.63, 3.8) is 0 Å². The topological polar surface area (TPSA) is 12.0 Å². The maximum atomic E-state index is 3.52. The molecule has 72 valence electrons. The van der Waals surface area contributed by atoms with Gasteiger partial charge in [-0.15, -0.1) is 11.3 Å². The zero-order valence-corrected chi connectivity index (χ0v) is 11.1. The molecule has 0 bridgehead atoms. The van der Waals surface area contributed by atoms with Crippen LogP contribution in [0.5, 0.6) is 0 Å². The first kappa shape index (κ1) is 10.1. The largest absolute Gasteiger partial charge is 0.316 e. The van der Waals surface area contributed by atoms with E-state index in [-0.39, 0.29) is 0 Å². The number of thiophene rings is 1. The van der Waals surface area contributed by atoms with Crippen molar-refractivity contribution < 1.29 is 0 Å². The number of nitrogens with one attached hydrogen (secondary N) is 1.